The van der Waals surface area contributed by atoms with Crippen LogP contribution in [0.5, 0.6) is 11.5 Å². The van der Waals surface area contributed by atoms with Gasteiger partial charge in [0.1, 0.15) is 17.4 Å². The summed E-state index contributed by atoms with van der Waals surface area (Å²) in [6.07, 6.45) is 0. The van der Waals surface area contributed by atoms with Gasteiger partial charge in [-0.1, -0.05) is 12.1 Å². The second kappa shape index (κ2) is 13.7. The lowest BCUT2D eigenvalue weighted by molar-refractivity contribution is 0.0404. The lowest BCUT2D eigenvalue weighted by Gasteiger charge is -2.24. The Hall–Kier alpha value is -6.56. The minimum absolute atomic E-state index is 0.255. The molecule has 0 bridgehead atoms. The quantitative estimate of drug-likeness (QED) is 0.0563. The molecule has 7 aromatic carbocycles. The van der Waals surface area contributed by atoms with Crippen LogP contribution in [-0.4, -0.2) is 7.12 Å². The molecule has 0 fully saturated rings. The largest absolute Gasteiger partial charge is 0.636 e. The van der Waals surface area contributed by atoms with Crippen molar-refractivity contribution in [2.45, 2.75) is 5.92 Å². The topological polar surface area (TPSA) is 18.5 Å². The first kappa shape index (κ1) is 42.1. The molecule has 0 saturated carbocycles. The third-order valence-electron chi connectivity index (χ3n) is 9.69. The summed E-state index contributed by atoms with van der Waals surface area (Å²) in [6.45, 7) is 0. The summed E-state index contributed by atoms with van der Waals surface area (Å²) in [6, 6.07) is 1.15. The minimum atomic E-state index is -5.71. The van der Waals surface area contributed by atoms with Crippen molar-refractivity contribution in [2.24, 2.45) is 0 Å². The van der Waals surface area contributed by atoms with Gasteiger partial charge in [0, 0.05) is 21.9 Å². The van der Waals surface area contributed by atoms with E-state index in [1.807, 2.05) is 0 Å². The molecule has 0 unspecified atom stereocenters. The van der Waals surface area contributed by atoms with Crippen molar-refractivity contribution >= 4 is 44.9 Å². The third-order valence-corrected chi connectivity index (χ3v) is 9.69. The maximum absolute atomic E-state index is 16.5. The van der Waals surface area contributed by atoms with E-state index in [0.717, 1.165) is 0 Å². The first-order valence-corrected chi connectivity index (χ1v) is 16.1. The molecule has 0 aromatic heterocycles. The minimum Gasteiger partial charge on any atom is -0.521 e. The van der Waals surface area contributed by atoms with E-state index in [2.05, 4.69) is 0 Å². The van der Waals surface area contributed by atoms with Gasteiger partial charge in [-0.15, -0.1) is 0 Å². The van der Waals surface area contributed by atoms with Crippen molar-refractivity contribution in [1.29, 1.82) is 0 Å². The Labute approximate surface area is 325 Å². The van der Waals surface area contributed by atoms with E-state index >= 15 is 57.1 Å². The van der Waals surface area contributed by atoms with Gasteiger partial charge >= 0.3 is 13.0 Å². The first-order valence-electron chi connectivity index (χ1n) is 16.1. The summed E-state index contributed by atoms with van der Waals surface area (Å²) in [5.41, 5.74) is -12.9. The van der Waals surface area contributed by atoms with Crippen molar-refractivity contribution in [3.05, 3.63) is 146 Å². The maximum atomic E-state index is 16.5. The fourth-order valence-electron chi connectivity index (χ4n) is 7.02. The Bertz CT molecular complexity index is 3240. The van der Waals surface area contributed by atoms with E-state index < -0.39 is 201 Å². The van der Waals surface area contributed by atoms with Crippen molar-refractivity contribution < 1.29 is 106 Å². The molecule has 0 saturated heterocycles. The highest BCUT2D eigenvalue weighted by Gasteiger charge is 2.56. The molecule has 0 atom stereocenters. The zero-order chi connectivity index (χ0) is 45.7. The number of alkyl halides is 2. The summed E-state index contributed by atoms with van der Waals surface area (Å²) < 4.78 is 344. The van der Waals surface area contributed by atoms with Gasteiger partial charge in [-0.3, -0.25) is 0 Å². The molecule has 0 aliphatic heterocycles. The smallest absolute Gasteiger partial charge is 0.521 e. The molecule has 0 radical (unpaired) electrons. The van der Waals surface area contributed by atoms with Gasteiger partial charge in [0.15, 0.2) is 105 Å². The van der Waals surface area contributed by atoms with Crippen LogP contribution in [0, 0.1) is 116 Å². The van der Waals surface area contributed by atoms with Crippen LogP contribution in [0.2, 0.25) is 0 Å². The molecule has 2 nitrogen and oxygen atoms in total. The molecule has 0 amide bonds. The summed E-state index contributed by atoms with van der Waals surface area (Å²) >= 11 is 0. The summed E-state index contributed by atoms with van der Waals surface area (Å²) in [5, 5.41) is -12.9. The molecule has 0 spiro atoms. The molecular formula is C37H3BF22O2. The zero-order valence-corrected chi connectivity index (χ0v) is 28.4. The van der Waals surface area contributed by atoms with Gasteiger partial charge in [0.25, 0.3) is 0 Å². The molecule has 320 valence electrons. The van der Waals surface area contributed by atoms with Gasteiger partial charge in [0.05, 0.1) is 38.1 Å². The number of benzene rings is 7. The normalized spacial score (nSPS) is 13.1. The van der Waals surface area contributed by atoms with Crippen molar-refractivity contribution in [1.82, 2.24) is 0 Å². The molecule has 62 heavy (non-hydrogen) atoms. The van der Waals surface area contributed by atoms with Crippen LogP contribution >= 0.6 is 0 Å². The predicted molar refractivity (Wildman–Crippen MR) is 166 cm³/mol. The molecule has 7 aromatic rings. The van der Waals surface area contributed by atoms with Gasteiger partial charge in [-0.25, -0.2) is 83.4 Å². The second-order valence-electron chi connectivity index (χ2n) is 12.8. The number of hydrogen-bond donors (Lipinski definition) is 0. The molecule has 1 aliphatic rings. The van der Waals surface area contributed by atoms with Gasteiger partial charge in [-0.2, -0.15) is 13.2 Å². The Morgan fingerprint density at radius 2 is 0.742 bits per heavy atom. The van der Waals surface area contributed by atoms with E-state index in [0.29, 0.717) is 12.1 Å². The van der Waals surface area contributed by atoms with Gasteiger partial charge in [0.2, 0.25) is 5.82 Å². The SMILES string of the molecule is Fc1c(F)c(F)c2c(c1F)-c1c(F)c(F)c(F)c(OB(Oc3cccc4c(F)c(F)c(F)c(F)c34)c3c(F)c(F)c(F)c4c(F)c5c(F)c(F)c(F)c(F)c5c(F)c34)c1C2(F)F. The number of hydrogen-bond acceptors (Lipinski definition) is 2. The second-order valence-corrected chi connectivity index (χ2v) is 12.8. The van der Waals surface area contributed by atoms with Crippen LogP contribution in [-0.2, 0) is 5.92 Å². The molecule has 1 aliphatic carbocycles. The summed E-state index contributed by atoms with van der Waals surface area (Å²) in [5.74, 6) is -68.4. The molecule has 0 heterocycles. The lowest BCUT2D eigenvalue weighted by Crippen LogP contribution is -2.47. The highest BCUT2D eigenvalue weighted by atomic mass is 19.3. The van der Waals surface area contributed by atoms with E-state index in [4.69, 9.17) is 9.31 Å². The average Bonchev–Trinajstić information content (AvgIpc) is 3.48. The molecule has 25 heteroatoms. The molecule has 0 N–H and O–H groups in total. The van der Waals surface area contributed by atoms with Crippen LogP contribution in [0.1, 0.15) is 11.1 Å². The number of fused-ring (bicyclic) bond motifs is 6. The van der Waals surface area contributed by atoms with E-state index in [-0.39, 0.29) is 6.07 Å². The maximum Gasteiger partial charge on any atom is 0.636 e. The predicted octanol–water partition coefficient (Wildman–Crippen LogP) is 11.9. The number of rotatable bonds is 5. The standard InChI is InChI=1S/C37H3BF22O2/c39-16-4-2-1-3-5(6(4)19(42)29(52)27(16)50)61-38(15-9-10(22(45)28(51)26(15)49)18(41)12-11(17(9)40)23(46)31(54)32(55)24(12)47)62-36-14-8(21(44)33(56)35(36)58)7-13(37(14,59)60)25(48)34(57)30(53)20(7)43/h1-3H. The van der Waals surface area contributed by atoms with Crippen molar-refractivity contribution in [3.63, 3.8) is 0 Å². The van der Waals surface area contributed by atoms with Crippen LogP contribution in [0.25, 0.3) is 43.4 Å². The Morgan fingerprint density at radius 3 is 1.29 bits per heavy atom. The fraction of sp³-hybridized carbons (Fsp3) is 0.0270. The van der Waals surface area contributed by atoms with Gasteiger partial charge < -0.3 is 9.31 Å². The molecular weight excluding hydrogens is 905 g/mol. The van der Waals surface area contributed by atoms with Crippen LogP contribution in [0.3, 0.4) is 0 Å². The zero-order valence-electron chi connectivity index (χ0n) is 28.4. The summed E-state index contributed by atoms with van der Waals surface area (Å²) in [4.78, 5) is 0. The molecule has 8 rings (SSSR count). The fourth-order valence-corrected chi connectivity index (χ4v) is 7.02. The van der Waals surface area contributed by atoms with Crippen LogP contribution in [0.4, 0.5) is 96.6 Å². The monoisotopic (exact) mass is 908 g/mol. The van der Waals surface area contributed by atoms with Crippen LogP contribution in [0.15, 0.2) is 18.2 Å². The van der Waals surface area contributed by atoms with Crippen molar-refractivity contribution in [3.8, 4) is 22.6 Å². The van der Waals surface area contributed by atoms with E-state index in [9.17, 15) is 39.5 Å². The average molecular weight is 908 g/mol. The Balaban J connectivity index is 1.54. The lowest BCUT2D eigenvalue weighted by atomic mass is 9.73. The number of halogens is 22. The van der Waals surface area contributed by atoms with E-state index in [1.54, 1.807) is 0 Å². The third kappa shape index (κ3) is 5.24. The Morgan fingerprint density at radius 1 is 0.339 bits per heavy atom. The highest BCUT2D eigenvalue weighted by Crippen LogP contribution is 2.59. The van der Waals surface area contributed by atoms with Crippen molar-refractivity contribution in [2.75, 3.05) is 0 Å². The van der Waals surface area contributed by atoms with E-state index in [1.165, 1.54) is 0 Å². The van der Waals surface area contributed by atoms with Gasteiger partial charge in [-0.05, 0) is 6.07 Å². The van der Waals surface area contributed by atoms with Crippen LogP contribution < -0.4 is 14.8 Å². The Kier molecular flexibility index (Phi) is 9.33. The highest BCUT2D eigenvalue weighted by molar-refractivity contribution is 6.66. The first-order chi connectivity index (χ1) is 28.9. The summed E-state index contributed by atoms with van der Waals surface area (Å²) in [7, 11) is -4.04.